The van der Waals surface area contributed by atoms with Crippen LogP contribution in [0.4, 0.5) is 0 Å². The standard InChI is InChI=1S/C23H22N4O2S/c1-13-22(30-14(2)26-13)18-10-21-20(5-4-8-24-21)27-23(18)29-12-15-9-17(15)19-7-6-16(28-3)11-25-19/h4-8,10-11,15,17H,9,12H2,1-3H3/t15-,17+/m1/s1. The summed E-state index contributed by atoms with van der Waals surface area (Å²) in [5, 5.41) is 1.03. The smallest absolute Gasteiger partial charge is 0.222 e. The van der Waals surface area contributed by atoms with Crippen molar-refractivity contribution in [3.8, 4) is 22.1 Å². The second-order valence-corrected chi connectivity index (χ2v) is 8.77. The van der Waals surface area contributed by atoms with Gasteiger partial charge in [-0.1, -0.05) is 0 Å². The Balaban J connectivity index is 1.40. The van der Waals surface area contributed by atoms with Crippen molar-refractivity contribution in [1.29, 1.82) is 0 Å². The van der Waals surface area contributed by atoms with E-state index >= 15 is 0 Å². The molecule has 2 atom stereocenters. The highest BCUT2D eigenvalue weighted by Gasteiger charge is 2.40. The molecule has 1 aliphatic carbocycles. The van der Waals surface area contributed by atoms with Crippen molar-refractivity contribution in [1.82, 2.24) is 19.9 Å². The van der Waals surface area contributed by atoms with Crippen LogP contribution in [0.25, 0.3) is 21.5 Å². The van der Waals surface area contributed by atoms with E-state index in [4.69, 9.17) is 14.5 Å². The number of nitrogens with zero attached hydrogens (tertiary/aromatic N) is 4. The summed E-state index contributed by atoms with van der Waals surface area (Å²) in [6.07, 6.45) is 4.63. The van der Waals surface area contributed by atoms with Gasteiger partial charge >= 0.3 is 0 Å². The second-order valence-electron chi connectivity index (χ2n) is 7.57. The van der Waals surface area contributed by atoms with Gasteiger partial charge in [-0.2, -0.15) is 0 Å². The molecule has 1 fully saturated rings. The SMILES string of the molecule is COc1ccc([C@H]2C[C@@H]2COc2nc3cccnc3cc2-c2sc(C)nc2C)nc1. The Morgan fingerprint density at radius 3 is 2.73 bits per heavy atom. The molecule has 152 valence electrons. The molecular weight excluding hydrogens is 396 g/mol. The number of rotatable bonds is 6. The Kier molecular flexibility index (Phi) is 4.83. The van der Waals surface area contributed by atoms with Crippen molar-refractivity contribution in [2.75, 3.05) is 13.7 Å². The predicted molar refractivity (Wildman–Crippen MR) is 117 cm³/mol. The minimum Gasteiger partial charge on any atom is -0.495 e. The van der Waals surface area contributed by atoms with Gasteiger partial charge in [0.05, 0.1) is 52.1 Å². The molecule has 1 saturated carbocycles. The fourth-order valence-electron chi connectivity index (χ4n) is 3.75. The zero-order chi connectivity index (χ0) is 20.7. The molecule has 5 rings (SSSR count). The number of fused-ring (bicyclic) bond motifs is 1. The summed E-state index contributed by atoms with van der Waals surface area (Å²) in [7, 11) is 1.65. The Morgan fingerprint density at radius 2 is 2.00 bits per heavy atom. The normalized spacial score (nSPS) is 17.8. The molecule has 4 heterocycles. The summed E-state index contributed by atoms with van der Waals surface area (Å²) in [5.41, 5.74) is 4.74. The Morgan fingerprint density at radius 1 is 1.10 bits per heavy atom. The van der Waals surface area contributed by atoms with Crippen molar-refractivity contribution in [2.24, 2.45) is 5.92 Å². The van der Waals surface area contributed by atoms with Gasteiger partial charge in [0.2, 0.25) is 5.88 Å². The molecule has 0 bridgehead atoms. The molecule has 6 nitrogen and oxygen atoms in total. The van der Waals surface area contributed by atoms with Crippen LogP contribution in [0.2, 0.25) is 0 Å². The Labute approximate surface area is 179 Å². The van der Waals surface area contributed by atoms with Gasteiger partial charge in [0.15, 0.2) is 0 Å². The van der Waals surface area contributed by atoms with Gasteiger partial charge in [0.1, 0.15) is 5.75 Å². The maximum absolute atomic E-state index is 6.27. The molecule has 0 saturated heterocycles. The first-order valence-corrected chi connectivity index (χ1v) is 10.8. The van der Waals surface area contributed by atoms with E-state index in [0.717, 1.165) is 50.0 Å². The molecule has 0 spiro atoms. The average Bonchev–Trinajstić information content (AvgIpc) is 3.47. The van der Waals surface area contributed by atoms with Gasteiger partial charge in [-0.3, -0.25) is 9.97 Å². The molecule has 0 amide bonds. The largest absolute Gasteiger partial charge is 0.495 e. The van der Waals surface area contributed by atoms with Crippen LogP contribution in [0.3, 0.4) is 0 Å². The second kappa shape index (κ2) is 7.65. The lowest BCUT2D eigenvalue weighted by Crippen LogP contribution is -2.04. The number of methoxy groups -OCH3 is 1. The van der Waals surface area contributed by atoms with Gasteiger partial charge in [-0.15, -0.1) is 11.3 Å². The molecule has 7 heteroatoms. The zero-order valence-corrected chi connectivity index (χ0v) is 17.9. The molecular formula is C23H22N4O2S. The van der Waals surface area contributed by atoms with Gasteiger partial charge in [0.25, 0.3) is 0 Å². The maximum atomic E-state index is 6.27. The van der Waals surface area contributed by atoms with Crippen molar-refractivity contribution in [3.63, 3.8) is 0 Å². The lowest BCUT2D eigenvalue weighted by Gasteiger charge is -2.11. The number of ether oxygens (including phenoxy) is 2. The molecule has 0 unspecified atom stereocenters. The molecule has 0 radical (unpaired) electrons. The van der Waals surface area contributed by atoms with Gasteiger partial charge in [0, 0.05) is 23.7 Å². The van der Waals surface area contributed by atoms with Crippen LogP contribution >= 0.6 is 11.3 Å². The van der Waals surface area contributed by atoms with Crippen LogP contribution in [0.1, 0.15) is 28.7 Å². The molecule has 4 aromatic rings. The molecule has 30 heavy (non-hydrogen) atoms. The van der Waals surface area contributed by atoms with Crippen molar-refractivity contribution in [2.45, 2.75) is 26.2 Å². The van der Waals surface area contributed by atoms with E-state index in [1.165, 1.54) is 0 Å². The van der Waals surface area contributed by atoms with Crippen LogP contribution in [-0.4, -0.2) is 33.7 Å². The van der Waals surface area contributed by atoms with Crippen molar-refractivity contribution >= 4 is 22.4 Å². The minimum atomic E-state index is 0.425. The van der Waals surface area contributed by atoms with E-state index < -0.39 is 0 Å². The number of hydrogen-bond acceptors (Lipinski definition) is 7. The van der Waals surface area contributed by atoms with E-state index in [1.54, 1.807) is 30.8 Å². The van der Waals surface area contributed by atoms with E-state index in [0.29, 0.717) is 24.3 Å². The molecule has 0 N–H and O–H groups in total. The summed E-state index contributed by atoms with van der Waals surface area (Å²) >= 11 is 1.66. The third-order valence-corrected chi connectivity index (χ3v) is 6.54. The Hall–Kier alpha value is -3.06. The van der Waals surface area contributed by atoms with Gasteiger partial charge in [-0.25, -0.2) is 9.97 Å². The highest BCUT2D eigenvalue weighted by Crippen LogP contribution is 2.47. The summed E-state index contributed by atoms with van der Waals surface area (Å²) in [5.74, 6) is 2.29. The summed E-state index contributed by atoms with van der Waals surface area (Å²) < 4.78 is 11.5. The summed E-state index contributed by atoms with van der Waals surface area (Å²) in [4.78, 5) is 19.4. The van der Waals surface area contributed by atoms with Gasteiger partial charge < -0.3 is 9.47 Å². The summed E-state index contributed by atoms with van der Waals surface area (Å²) in [6.45, 7) is 4.66. The molecule has 4 aromatic heterocycles. The number of hydrogen-bond donors (Lipinski definition) is 0. The quantitative estimate of drug-likeness (QED) is 0.441. The van der Waals surface area contributed by atoms with E-state index in [2.05, 4.69) is 21.0 Å². The maximum Gasteiger partial charge on any atom is 0.222 e. The zero-order valence-electron chi connectivity index (χ0n) is 17.1. The first kappa shape index (κ1) is 18.9. The molecule has 0 aromatic carbocycles. The highest BCUT2D eigenvalue weighted by molar-refractivity contribution is 7.15. The van der Waals surface area contributed by atoms with Crippen LogP contribution in [0.5, 0.6) is 11.6 Å². The molecule has 1 aliphatic rings. The van der Waals surface area contributed by atoms with E-state index in [9.17, 15) is 0 Å². The van der Waals surface area contributed by atoms with E-state index in [1.807, 2.05) is 38.1 Å². The van der Waals surface area contributed by atoms with Gasteiger partial charge in [-0.05, 0) is 50.6 Å². The fraction of sp³-hybridized carbons (Fsp3) is 0.304. The van der Waals surface area contributed by atoms with E-state index in [-0.39, 0.29) is 0 Å². The average molecular weight is 419 g/mol. The number of pyridine rings is 3. The fourth-order valence-corrected chi connectivity index (χ4v) is 4.68. The van der Waals surface area contributed by atoms with Crippen LogP contribution in [-0.2, 0) is 0 Å². The first-order chi connectivity index (χ1) is 14.6. The predicted octanol–water partition coefficient (Wildman–Crippen LogP) is 4.96. The van der Waals surface area contributed by atoms with Crippen molar-refractivity contribution < 1.29 is 9.47 Å². The van der Waals surface area contributed by atoms with Crippen LogP contribution in [0.15, 0.2) is 42.7 Å². The lowest BCUT2D eigenvalue weighted by atomic mass is 10.1. The third-order valence-electron chi connectivity index (χ3n) is 5.43. The number of thiazole rings is 1. The Bertz CT molecular complexity index is 1210. The van der Waals surface area contributed by atoms with Crippen LogP contribution < -0.4 is 9.47 Å². The third kappa shape index (κ3) is 3.61. The van der Waals surface area contributed by atoms with Crippen LogP contribution in [0, 0.1) is 19.8 Å². The number of aryl methyl sites for hydroxylation is 2. The highest BCUT2D eigenvalue weighted by atomic mass is 32.1. The monoisotopic (exact) mass is 418 g/mol. The topological polar surface area (TPSA) is 70.0 Å². The molecule has 0 aliphatic heterocycles. The summed E-state index contributed by atoms with van der Waals surface area (Å²) in [6, 6.07) is 9.92. The first-order valence-electron chi connectivity index (χ1n) is 9.95. The number of aromatic nitrogens is 4. The van der Waals surface area contributed by atoms with Crippen molar-refractivity contribution in [3.05, 3.63) is 59.1 Å². The lowest BCUT2D eigenvalue weighted by molar-refractivity contribution is 0.288. The minimum absolute atomic E-state index is 0.425.